The number of carbonyl (C=O) groups excluding carboxylic acids is 1. The van der Waals surface area contributed by atoms with Gasteiger partial charge in [-0.1, -0.05) is 27.2 Å². The molecule has 0 bridgehead atoms. The second kappa shape index (κ2) is 5.60. The predicted molar refractivity (Wildman–Crippen MR) is 74.4 cm³/mol. The van der Waals surface area contributed by atoms with Gasteiger partial charge in [0.2, 0.25) is 5.91 Å². The van der Waals surface area contributed by atoms with Gasteiger partial charge < -0.3 is 10.2 Å². The van der Waals surface area contributed by atoms with Crippen LogP contribution in [0.1, 0.15) is 52.9 Å². The van der Waals surface area contributed by atoms with E-state index in [1.807, 2.05) is 0 Å². The predicted octanol–water partition coefficient (Wildman–Crippen LogP) is 2.41. The molecule has 1 amide bonds. The average Bonchev–Trinajstić information content (AvgIpc) is 3.06. The standard InChI is InChI=1S/C15H28N2O/c1-4-7-15(8-9-16-11-15)14(18)17(10-12(2)3)13-5-6-13/h12-13,16H,4-11H2,1-3H3. The average molecular weight is 252 g/mol. The molecule has 1 unspecified atom stereocenters. The molecule has 1 atom stereocenters. The first-order chi connectivity index (χ1) is 8.59. The summed E-state index contributed by atoms with van der Waals surface area (Å²) in [6, 6.07) is 0.550. The number of hydrogen-bond acceptors (Lipinski definition) is 2. The third-order valence-electron chi connectivity index (χ3n) is 4.24. The fraction of sp³-hybridized carbons (Fsp3) is 0.933. The Morgan fingerprint density at radius 1 is 1.44 bits per heavy atom. The topological polar surface area (TPSA) is 32.3 Å². The molecule has 2 rings (SSSR count). The van der Waals surface area contributed by atoms with Crippen LogP contribution in [0.3, 0.4) is 0 Å². The highest BCUT2D eigenvalue weighted by Crippen LogP contribution is 2.37. The summed E-state index contributed by atoms with van der Waals surface area (Å²) in [7, 11) is 0. The largest absolute Gasteiger partial charge is 0.339 e. The Morgan fingerprint density at radius 2 is 2.17 bits per heavy atom. The van der Waals surface area contributed by atoms with Crippen LogP contribution in [0.4, 0.5) is 0 Å². The van der Waals surface area contributed by atoms with Gasteiger partial charge in [-0.3, -0.25) is 4.79 Å². The molecule has 1 heterocycles. The van der Waals surface area contributed by atoms with Crippen LogP contribution in [-0.4, -0.2) is 36.5 Å². The number of rotatable bonds is 6. The van der Waals surface area contributed by atoms with Gasteiger partial charge in [0.15, 0.2) is 0 Å². The van der Waals surface area contributed by atoms with E-state index in [4.69, 9.17) is 0 Å². The van der Waals surface area contributed by atoms with Crippen LogP contribution in [0.15, 0.2) is 0 Å². The molecular formula is C15H28N2O. The van der Waals surface area contributed by atoms with E-state index in [0.29, 0.717) is 17.9 Å². The van der Waals surface area contributed by atoms with Crippen LogP contribution in [0.25, 0.3) is 0 Å². The molecule has 1 aliphatic carbocycles. The lowest BCUT2D eigenvalue weighted by molar-refractivity contribution is -0.142. The number of nitrogens with one attached hydrogen (secondary N) is 1. The van der Waals surface area contributed by atoms with Gasteiger partial charge in [0.05, 0.1) is 5.41 Å². The minimum Gasteiger partial charge on any atom is -0.339 e. The molecule has 0 aromatic rings. The molecule has 2 fully saturated rings. The third kappa shape index (κ3) is 2.87. The van der Waals surface area contributed by atoms with Gasteiger partial charge in [0.25, 0.3) is 0 Å². The van der Waals surface area contributed by atoms with Crippen molar-refractivity contribution in [2.45, 2.75) is 58.9 Å². The van der Waals surface area contributed by atoms with E-state index in [-0.39, 0.29) is 5.41 Å². The Kier molecular flexibility index (Phi) is 4.31. The highest BCUT2D eigenvalue weighted by atomic mass is 16.2. The fourth-order valence-electron chi connectivity index (χ4n) is 3.21. The number of carbonyl (C=O) groups is 1. The zero-order valence-corrected chi connectivity index (χ0v) is 12.2. The number of nitrogens with zero attached hydrogens (tertiary/aromatic N) is 1. The first-order valence-corrected chi connectivity index (χ1v) is 7.61. The summed E-state index contributed by atoms with van der Waals surface area (Å²) >= 11 is 0. The van der Waals surface area contributed by atoms with E-state index >= 15 is 0 Å². The van der Waals surface area contributed by atoms with E-state index in [2.05, 4.69) is 31.0 Å². The van der Waals surface area contributed by atoms with Crippen molar-refractivity contribution in [3.05, 3.63) is 0 Å². The highest BCUT2D eigenvalue weighted by molar-refractivity contribution is 5.84. The highest BCUT2D eigenvalue weighted by Gasteiger charge is 2.46. The minimum atomic E-state index is -0.0910. The van der Waals surface area contributed by atoms with Gasteiger partial charge in [-0.05, 0) is 38.1 Å². The molecule has 3 heteroatoms. The SMILES string of the molecule is CCCC1(C(=O)N(CC(C)C)C2CC2)CCNC1. The summed E-state index contributed by atoms with van der Waals surface area (Å²) in [6.07, 6.45) is 5.61. The molecule has 1 saturated carbocycles. The van der Waals surface area contributed by atoms with Crippen LogP contribution in [0.5, 0.6) is 0 Å². The molecule has 0 radical (unpaired) electrons. The van der Waals surface area contributed by atoms with Crippen molar-refractivity contribution in [3.8, 4) is 0 Å². The molecule has 1 aliphatic heterocycles. The maximum atomic E-state index is 13.0. The van der Waals surface area contributed by atoms with E-state index in [1.165, 1.54) is 12.8 Å². The molecule has 2 aliphatic rings. The minimum absolute atomic E-state index is 0.0910. The summed E-state index contributed by atoms with van der Waals surface area (Å²) in [5.41, 5.74) is -0.0910. The van der Waals surface area contributed by atoms with Crippen LogP contribution in [-0.2, 0) is 4.79 Å². The van der Waals surface area contributed by atoms with Crippen LogP contribution >= 0.6 is 0 Å². The molecule has 0 aromatic heterocycles. The fourth-order valence-corrected chi connectivity index (χ4v) is 3.21. The smallest absolute Gasteiger partial charge is 0.230 e. The van der Waals surface area contributed by atoms with Gasteiger partial charge in [0.1, 0.15) is 0 Å². The van der Waals surface area contributed by atoms with Crippen molar-refractivity contribution in [3.63, 3.8) is 0 Å². The van der Waals surface area contributed by atoms with Gasteiger partial charge in [-0.25, -0.2) is 0 Å². The quantitative estimate of drug-likeness (QED) is 0.787. The maximum absolute atomic E-state index is 13.0. The first kappa shape index (κ1) is 13.9. The van der Waals surface area contributed by atoms with Crippen molar-refractivity contribution in [2.75, 3.05) is 19.6 Å². The zero-order chi connectivity index (χ0) is 13.2. The lowest BCUT2D eigenvalue weighted by Gasteiger charge is -2.35. The van der Waals surface area contributed by atoms with E-state index in [9.17, 15) is 4.79 Å². The summed E-state index contributed by atoms with van der Waals surface area (Å²) in [6.45, 7) is 9.45. The second-order valence-corrected chi connectivity index (χ2v) is 6.54. The normalized spacial score (nSPS) is 27.8. The molecule has 1 N–H and O–H groups in total. The van der Waals surface area contributed by atoms with Crippen molar-refractivity contribution >= 4 is 5.91 Å². The molecule has 0 spiro atoms. The Balaban J connectivity index is 2.09. The Labute approximate surface area is 111 Å². The lowest BCUT2D eigenvalue weighted by Crippen LogP contribution is -2.47. The summed E-state index contributed by atoms with van der Waals surface area (Å²) < 4.78 is 0. The Bertz CT molecular complexity index is 291. The summed E-state index contributed by atoms with van der Waals surface area (Å²) in [5, 5.41) is 3.40. The molecule has 3 nitrogen and oxygen atoms in total. The van der Waals surface area contributed by atoms with Gasteiger partial charge in [-0.2, -0.15) is 0 Å². The zero-order valence-electron chi connectivity index (χ0n) is 12.2. The van der Waals surface area contributed by atoms with Crippen molar-refractivity contribution in [1.82, 2.24) is 10.2 Å². The van der Waals surface area contributed by atoms with Crippen LogP contribution in [0, 0.1) is 11.3 Å². The first-order valence-electron chi connectivity index (χ1n) is 7.61. The molecule has 1 saturated heterocycles. The third-order valence-corrected chi connectivity index (χ3v) is 4.24. The summed E-state index contributed by atoms with van der Waals surface area (Å²) in [5.74, 6) is 1.01. The van der Waals surface area contributed by atoms with Gasteiger partial charge in [-0.15, -0.1) is 0 Å². The Hall–Kier alpha value is -0.570. The monoisotopic (exact) mass is 252 g/mol. The Morgan fingerprint density at radius 3 is 2.61 bits per heavy atom. The van der Waals surface area contributed by atoms with Crippen molar-refractivity contribution in [2.24, 2.45) is 11.3 Å². The molecule has 104 valence electrons. The summed E-state index contributed by atoms with van der Waals surface area (Å²) in [4.78, 5) is 15.2. The van der Waals surface area contributed by atoms with Gasteiger partial charge >= 0.3 is 0 Å². The number of hydrogen-bond donors (Lipinski definition) is 1. The van der Waals surface area contributed by atoms with Gasteiger partial charge in [0, 0.05) is 19.1 Å². The molecule has 0 aromatic carbocycles. The maximum Gasteiger partial charge on any atom is 0.230 e. The van der Waals surface area contributed by atoms with Crippen molar-refractivity contribution in [1.29, 1.82) is 0 Å². The van der Waals surface area contributed by atoms with Crippen molar-refractivity contribution < 1.29 is 4.79 Å². The molecule has 18 heavy (non-hydrogen) atoms. The lowest BCUT2D eigenvalue weighted by atomic mass is 9.80. The van der Waals surface area contributed by atoms with E-state index in [1.54, 1.807) is 0 Å². The van der Waals surface area contributed by atoms with Crippen LogP contribution in [0.2, 0.25) is 0 Å². The molecular weight excluding hydrogens is 224 g/mol. The van der Waals surface area contributed by atoms with E-state index < -0.39 is 0 Å². The second-order valence-electron chi connectivity index (χ2n) is 6.54. The van der Waals surface area contributed by atoms with E-state index in [0.717, 1.165) is 38.9 Å². The van der Waals surface area contributed by atoms with Crippen LogP contribution < -0.4 is 5.32 Å². The number of amides is 1.